The SMILES string of the molecule is O=C(C[n+]1ccc(Cc2ccccc2)cc1)Nc1ccc([N+](=O)[O-])cc1Cl.[Cl-]. The van der Waals surface area contributed by atoms with E-state index >= 15 is 0 Å². The van der Waals surface area contributed by atoms with Gasteiger partial charge in [0, 0.05) is 24.3 Å². The molecule has 1 aromatic heterocycles. The molecule has 0 saturated carbocycles. The van der Waals surface area contributed by atoms with E-state index in [1.54, 1.807) is 4.57 Å². The summed E-state index contributed by atoms with van der Waals surface area (Å²) < 4.78 is 1.75. The average Bonchev–Trinajstić information content (AvgIpc) is 2.65. The summed E-state index contributed by atoms with van der Waals surface area (Å²) in [4.78, 5) is 22.4. The summed E-state index contributed by atoms with van der Waals surface area (Å²) in [5, 5.41) is 13.5. The summed E-state index contributed by atoms with van der Waals surface area (Å²) in [6.07, 6.45) is 4.51. The molecule has 0 aliphatic rings. The van der Waals surface area contributed by atoms with Crippen molar-refractivity contribution >= 4 is 28.9 Å². The Balaban J connectivity index is 0.00000280. The number of amides is 1. The van der Waals surface area contributed by atoms with Gasteiger partial charge in [-0.25, -0.2) is 0 Å². The molecule has 2 aromatic carbocycles. The van der Waals surface area contributed by atoms with Crippen molar-refractivity contribution in [2.24, 2.45) is 0 Å². The Morgan fingerprint density at radius 3 is 2.29 bits per heavy atom. The van der Waals surface area contributed by atoms with Crippen LogP contribution in [0.2, 0.25) is 5.02 Å². The van der Waals surface area contributed by atoms with Crippen LogP contribution >= 0.6 is 11.6 Å². The molecule has 1 N–H and O–H groups in total. The number of anilines is 1. The van der Waals surface area contributed by atoms with Crippen molar-refractivity contribution in [3.63, 3.8) is 0 Å². The van der Waals surface area contributed by atoms with Crippen LogP contribution in [-0.4, -0.2) is 10.8 Å². The summed E-state index contributed by atoms with van der Waals surface area (Å²) >= 11 is 5.99. The average molecular weight is 418 g/mol. The van der Waals surface area contributed by atoms with Crippen LogP contribution in [0.5, 0.6) is 0 Å². The number of hydrogen-bond acceptors (Lipinski definition) is 3. The van der Waals surface area contributed by atoms with Gasteiger partial charge in [-0.15, -0.1) is 0 Å². The number of halogens is 2. The first-order valence-corrected chi connectivity index (χ1v) is 8.65. The van der Waals surface area contributed by atoms with E-state index in [9.17, 15) is 14.9 Å². The maximum Gasteiger partial charge on any atom is 0.290 e. The Kier molecular flexibility index (Phi) is 7.49. The molecule has 0 aliphatic carbocycles. The summed E-state index contributed by atoms with van der Waals surface area (Å²) in [5.41, 5.74) is 2.59. The van der Waals surface area contributed by atoms with E-state index in [0.29, 0.717) is 5.69 Å². The van der Waals surface area contributed by atoms with Crippen LogP contribution in [-0.2, 0) is 17.8 Å². The lowest BCUT2D eigenvalue weighted by Crippen LogP contribution is -3.00. The minimum atomic E-state index is -0.537. The second-order valence-electron chi connectivity index (χ2n) is 6.01. The number of carbonyl (C=O) groups excluding carboxylic acids is 1. The van der Waals surface area contributed by atoms with Crippen LogP contribution in [0.15, 0.2) is 73.1 Å². The first-order valence-electron chi connectivity index (χ1n) is 8.27. The van der Waals surface area contributed by atoms with Crippen molar-refractivity contribution in [2.75, 3.05) is 5.32 Å². The number of nitrogens with one attached hydrogen (secondary N) is 1. The predicted molar refractivity (Wildman–Crippen MR) is 103 cm³/mol. The highest BCUT2D eigenvalue weighted by Gasteiger charge is 2.14. The molecule has 0 saturated heterocycles. The third-order valence-corrected chi connectivity index (χ3v) is 4.29. The fourth-order valence-electron chi connectivity index (χ4n) is 2.62. The third kappa shape index (κ3) is 5.77. The lowest BCUT2D eigenvalue weighted by atomic mass is 10.1. The lowest BCUT2D eigenvalue weighted by molar-refractivity contribution is -0.684. The molecule has 3 aromatic rings. The second-order valence-corrected chi connectivity index (χ2v) is 6.42. The van der Waals surface area contributed by atoms with Gasteiger partial charge in [-0.05, 0) is 23.6 Å². The fourth-order valence-corrected chi connectivity index (χ4v) is 2.84. The molecule has 1 amide bonds. The number of pyridine rings is 1. The second kappa shape index (κ2) is 9.82. The molecule has 144 valence electrons. The normalized spacial score (nSPS) is 10.0. The Hall–Kier alpha value is -2.96. The number of nitro benzene ring substituents is 1. The molecule has 0 unspecified atom stereocenters. The number of nitro groups is 1. The largest absolute Gasteiger partial charge is 1.00 e. The zero-order valence-corrected chi connectivity index (χ0v) is 16.2. The Morgan fingerprint density at radius 2 is 1.68 bits per heavy atom. The smallest absolute Gasteiger partial charge is 0.290 e. The van der Waals surface area contributed by atoms with Gasteiger partial charge in [0.15, 0.2) is 12.4 Å². The molecule has 0 bridgehead atoms. The van der Waals surface area contributed by atoms with Crippen molar-refractivity contribution in [1.29, 1.82) is 0 Å². The molecule has 3 rings (SSSR count). The highest BCUT2D eigenvalue weighted by molar-refractivity contribution is 6.33. The molecule has 0 aliphatic heterocycles. The van der Waals surface area contributed by atoms with Crippen molar-refractivity contribution in [2.45, 2.75) is 13.0 Å². The van der Waals surface area contributed by atoms with E-state index in [1.165, 1.54) is 23.8 Å². The van der Waals surface area contributed by atoms with Gasteiger partial charge < -0.3 is 17.7 Å². The number of nitrogens with zero attached hydrogens (tertiary/aromatic N) is 2. The number of non-ortho nitro benzene ring substituents is 1. The highest BCUT2D eigenvalue weighted by atomic mass is 35.5. The predicted octanol–water partition coefficient (Wildman–Crippen LogP) is 0.769. The van der Waals surface area contributed by atoms with Gasteiger partial charge in [-0.3, -0.25) is 14.9 Å². The topological polar surface area (TPSA) is 76.1 Å². The highest BCUT2D eigenvalue weighted by Crippen LogP contribution is 2.26. The molecule has 0 atom stereocenters. The van der Waals surface area contributed by atoms with E-state index in [2.05, 4.69) is 17.4 Å². The van der Waals surface area contributed by atoms with Crippen LogP contribution in [0.1, 0.15) is 11.1 Å². The van der Waals surface area contributed by atoms with Crippen LogP contribution in [0, 0.1) is 10.1 Å². The number of carbonyl (C=O) groups is 1. The van der Waals surface area contributed by atoms with E-state index in [4.69, 9.17) is 11.6 Å². The van der Waals surface area contributed by atoms with Gasteiger partial charge in [0.1, 0.15) is 0 Å². The molecule has 1 heterocycles. The van der Waals surface area contributed by atoms with Crippen molar-refractivity contribution < 1.29 is 26.7 Å². The quantitative estimate of drug-likeness (QED) is 0.365. The summed E-state index contributed by atoms with van der Waals surface area (Å²) in [5.74, 6) is -0.272. The molecular weight excluding hydrogens is 401 g/mol. The van der Waals surface area contributed by atoms with E-state index < -0.39 is 4.92 Å². The monoisotopic (exact) mass is 417 g/mol. The van der Waals surface area contributed by atoms with Gasteiger partial charge in [0.25, 0.3) is 11.6 Å². The minimum absolute atomic E-state index is 0. The maximum atomic E-state index is 12.2. The Morgan fingerprint density at radius 1 is 1.04 bits per heavy atom. The van der Waals surface area contributed by atoms with Crippen LogP contribution in [0.25, 0.3) is 0 Å². The number of rotatable bonds is 6. The Labute approximate surface area is 173 Å². The van der Waals surface area contributed by atoms with Crippen molar-refractivity contribution in [1.82, 2.24) is 0 Å². The van der Waals surface area contributed by atoms with Gasteiger partial charge in [0.05, 0.1) is 15.6 Å². The molecular formula is C20H17Cl2N3O3. The number of benzene rings is 2. The molecule has 0 fully saturated rings. The number of hydrogen-bond donors (Lipinski definition) is 1. The maximum absolute atomic E-state index is 12.2. The van der Waals surface area contributed by atoms with Crippen molar-refractivity contribution in [3.05, 3.63) is 99.3 Å². The number of aromatic nitrogens is 1. The molecule has 6 nitrogen and oxygen atoms in total. The zero-order valence-electron chi connectivity index (χ0n) is 14.7. The Bertz CT molecular complexity index is 964. The fraction of sp³-hybridized carbons (Fsp3) is 0.100. The van der Waals surface area contributed by atoms with Gasteiger partial charge in [-0.1, -0.05) is 41.9 Å². The van der Waals surface area contributed by atoms with Crippen LogP contribution < -0.4 is 22.3 Å². The van der Waals surface area contributed by atoms with E-state index in [0.717, 1.165) is 12.0 Å². The van der Waals surface area contributed by atoms with Crippen molar-refractivity contribution in [3.8, 4) is 0 Å². The van der Waals surface area contributed by atoms with Gasteiger partial charge in [0.2, 0.25) is 6.54 Å². The molecule has 28 heavy (non-hydrogen) atoms. The van der Waals surface area contributed by atoms with Gasteiger partial charge >= 0.3 is 0 Å². The lowest BCUT2D eigenvalue weighted by Gasteiger charge is -2.06. The van der Waals surface area contributed by atoms with E-state index in [1.807, 2.05) is 42.7 Å². The van der Waals surface area contributed by atoms with E-state index in [-0.39, 0.29) is 35.6 Å². The van der Waals surface area contributed by atoms with Crippen LogP contribution in [0.4, 0.5) is 11.4 Å². The molecule has 0 radical (unpaired) electrons. The summed E-state index contributed by atoms with van der Waals surface area (Å²) in [7, 11) is 0. The summed E-state index contributed by atoms with van der Waals surface area (Å²) in [6.45, 7) is 0.110. The summed E-state index contributed by atoms with van der Waals surface area (Å²) in [6, 6.07) is 18.0. The van der Waals surface area contributed by atoms with Crippen LogP contribution in [0.3, 0.4) is 0 Å². The minimum Gasteiger partial charge on any atom is -1.00 e. The van der Waals surface area contributed by atoms with Gasteiger partial charge in [-0.2, -0.15) is 4.57 Å². The first-order chi connectivity index (χ1) is 13.0. The molecule has 0 spiro atoms. The third-order valence-electron chi connectivity index (χ3n) is 3.98. The molecule has 8 heteroatoms. The zero-order chi connectivity index (χ0) is 19.2. The standard InChI is InChI=1S/C20H16ClN3O3.ClH/c21-18-13-17(24(26)27)6-7-19(18)22-20(25)14-23-10-8-16(9-11-23)12-15-4-2-1-3-5-15;/h1-11,13H,12,14H2;1H. The first kappa shape index (κ1) is 21.3.